The minimum Gasteiger partial charge on any atom is -0.389 e. The quantitative estimate of drug-likeness (QED) is 0.563. The molecule has 3 aromatic rings. The van der Waals surface area contributed by atoms with Gasteiger partial charge in [-0.25, -0.2) is 4.39 Å². The number of amides is 1. The molecule has 33 heavy (non-hydrogen) atoms. The third-order valence-electron chi connectivity index (χ3n) is 5.76. The van der Waals surface area contributed by atoms with E-state index in [1.807, 2.05) is 65.6 Å². The van der Waals surface area contributed by atoms with E-state index in [0.717, 1.165) is 22.4 Å². The van der Waals surface area contributed by atoms with Gasteiger partial charge in [-0.2, -0.15) is 0 Å². The maximum atomic E-state index is 14.1. The molecule has 1 aliphatic heterocycles. The molecule has 0 saturated carbocycles. The number of aliphatic hydroxyl groups excluding tert-OH is 1. The summed E-state index contributed by atoms with van der Waals surface area (Å²) in [5, 5.41) is 10.6. The van der Waals surface area contributed by atoms with E-state index in [0.29, 0.717) is 39.2 Å². The van der Waals surface area contributed by atoms with Crippen molar-refractivity contribution < 1.29 is 19.0 Å². The van der Waals surface area contributed by atoms with Crippen LogP contribution in [0.2, 0.25) is 0 Å². The van der Waals surface area contributed by atoms with Gasteiger partial charge in [0.1, 0.15) is 5.82 Å². The van der Waals surface area contributed by atoms with Crippen molar-refractivity contribution in [2.75, 3.05) is 24.6 Å². The number of halogens is 1. The van der Waals surface area contributed by atoms with Gasteiger partial charge < -0.3 is 19.6 Å². The lowest BCUT2D eigenvalue weighted by molar-refractivity contribution is -0.132. The zero-order valence-corrected chi connectivity index (χ0v) is 18.6. The van der Waals surface area contributed by atoms with Gasteiger partial charge in [-0.15, -0.1) is 0 Å². The van der Waals surface area contributed by atoms with Crippen molar-refractivity contribution in [1.29, 1.82) is 0 Å². The zero-order chi connectivity index (χ0) is 23.0. The number of carbonyl (C=O) groups excluding carboxylic acids is 1. The fourth-order valence-corrected chi connectivity index (χ4v) is 4.12. The molecule has 5 nitrogen and oxygen atoms in total. The first-order valence-corrected chi connectivity index (χ1v) is 11.2. The first-order valence-electron chi connectivity index (χ1n) is 11.2. The van der Waals surface area contributed by atoms with Crippen LogP contribution in [0.4, 0.5) is 10.1 Å². The standard InChI is InChI=1S/C27H29FN2O3/c28-24-11-12-26-23(15-24)17-30(16-21-7-3-1-4-8-21)27(32)13-14-29(26)18-25(31)20-33-19-22-9-5-2-6-10-22/h1-12,15,25,31H,13-14,16-20H2/t25-/m1/s1. The summed E-state index contributed by atoms with van der Waals surface area (Å²) in [5.41, 5.74) is 3.65. The second-order valence-corrected chi connectivity index (χ2v) is 8.36. The molecule has 0 radical (unpaired) electrons. The van der Waals surface area contributed by atoms with Crippen LogP contribution in [0.5, 0.6) is 0 Å². The van der Waals surface area contributed by atoms with Gasteiger partial charge in [-0.05, 0) is 34.9 Å². The third-order valence-corrected chi connectivity index (χ3v) is 5.76. The number of hydrogen-bond donors (Lipinski definition) is 1. The molecular formula is C27H29FN2O3. The Morgan fingerprint density at radius 3 is 2.36 bits per heavy atom. The Labute approximate surface area is 194 Å². The molecule has 0 unspecified atom stereocenters. The second kappa shape index (κ2) is 11.1. The second-order valence-electron chi connectivity index (χ2n) is 8.36. The number of hydrogen-bond acceptors (Lipinski definition) is 4. The van der Waals surface area contributed by atoms with Crippen molar-refractivity contribution in [2.45, 2.75) is 32.2 Å². The molecule has 4 rings (SSSR count). The van der Waals surface area contributed by atoms with Crippen LogP contribution >= 0.6 is 0 Å². The number of aliphatic hydroxyl groups is 1. The largest absolute Gasteiger partial charge is 0.389 e. The van der Waals surface area contributed by atoms with E-state index < -0.39 is 6.10 Å². The van der Waals surface area contributed by atoms with Gasteiger partial charge in [0, 0.05) is 38.3 Å². The Bertz CT molecular complexity index is 1050. The SMILES string of the molecule is O=C1CCN(C[C@@H](O)COCc2ccccc2)c2ccc(F)cc2CN1Cc1ccccc1. The molecule has 1 N–H and O–H groups in total. The highest BCUT2D eigenvalue weighted by molar-refractivity contribution is 5.78. The van der Waals surface area contributed by atoms with Gasteiger partial charge in [0.05, 0.1) is 19.3 Å². The average Bonchev–Trinajstić information content (AvgIpc) is 2.82. The Morgan fingerprint density at radius 2 is 1.64 bits per heavy atom. The van der Waals surface area contributed by atoms with Crippen LogP contribution in [0.25, 0.3) is 0 Å². The lowest BCUT2D eigenvalue weighted by Gasteiger charge is -2.34. The molecule has 0 fully saturated rings. The lowest BCUT2D eigenvalue weighted by Crippen LogP contribution is -2.41. The molecule has 6 heteroatoms. The Morgan fingerprint density at radius 1 is 0.939 bits per heavy atom. The number of ether oxygens (including phenoxy) is 1. The van der Waals surface area contributed by atoms with Crippen molar-refractivity contribution in [3.8, 4) is 0 Å². The smallest absolute Gasteiger partial charge is 0.224 e. The van der Waals surface area contributed by atoms with Crippen molar-refractivity contribution in [3.05, 3.63) is 101 Å². The van der Waals surface area contributed by atoms with E-state index >= 15 is 0 Å². The van der Waals surface area contributed by atoms with Crippen LogP contribution in [-0.2, 0) is 29.2 Å². The van der Waals surface area contributed by atoms with Crippen LogP contribution in [-0.4, -0.2) is 41.7 Å². The topological polar surface area (TPSA) is 53.0 Å². The van der Waals surface area contributed by atoms with E-state index in [1.165, 1.54) is 12.1 Å². The van der Waals surface area contributed by atoms with Gasteiger partial charge in [0.25, 0.3) is 0 Å². The van der Waals surface area contributed by atoms with Gasteiger partial charge >= 0.3 is 0 Å². The number of rotatable bonds is 8. The average molecular weight is 449 g/mol. The molecule has 1 amide bonds. The summed E-state index contributed by atoms with van der Waals surface area (Å²) in [6.07, 6.45) is -0.414. The summed E-state index contributed by atoms with van der Waals surface area (Å²) in [7, 11) is 0. The summed E-state index contributed by atoms with van der Waals surface area (Å²) in [5.74, 6) is -0.332. The lowest BCUT2D eigenvalue weighted by atomic mass is 10.1. The molecular weight excluding hydrogens is 419 g/mol. The highest BCUT2D eigenvalue weighted by Crippen LogP contribution is 2.27. The predicted octanol–water partition coefficient (Wildman–Crippen LogP) is 4.14. The highest BCUT2D eigenvalue weighted by atomic mass is 19.1. The van der Waals surface area contributed by atoms with E-state index in [4.69, 9.17) is 4.74 Å². The third kappa shape index (κ3) is 6.40. The number of fused-ring (bicyclic) bond motifs is 1. The number of β-amino-alcohol motifs (C(OH)–C–C–N with tert-alkyl or cyclic N) is 1. The summed E-state index contributed by atoms with van der Waals surface area (Å²) in [6.45, 7) is 2.14. The number of anilines is 1. The van der Waals surface area contributed by atoms with E-state index in [2.05, 4.69) is 0 Å². The predicted molar refractivity (Wildman–Crippen MR) is 126 cm³/mol. The maximum absolute atomic E-state index is 14.1. The number of nitrogens with zero attached hydrogens (tertiary/aromatic N) is 2. The van der Waals surface area contributed by atoms with Crippen molar-refractivity contribution >= 4 is 11.6 Å². The zero-order valence-electron chi connectivity index (χ0n) is 18.6. The van der Waals surface area contributed by atoms with Crippen LogP contribution in [0.3, 0.4) is 0 Å². The van der Waals surface area contributed by atoms with E-state index in [-0.39, 0.29) is 18.3 Å². The van der Waals surface area contributed by atoms with Crippen molar-refractivity contribution in [2.24, 2.45) is 0 Å². The molecule has 0 aromatic heterocycles. The minimum atomic E-state index is -0.735. The van der Waals surface area contributed by atoms with Crippen LogP contribution in [0, 0.1) is 5.82 Å². The van der Waals surface area contributed by atoms with Crippen molar-refractivity contribution in [3.63, 3.8) is 0 Å². The minimum absolute atomic E-state index is 0.00795. The summed E-state index contributed by atoms with van der Waals surface area (Å²) in [4.78, 5) is 16.7. The van der Waals surface area contributed by atoms with E-state index in [1.54, 1.807) is 11.0 Å². The first kappa shape index (κ1) is 23.0. The van der Waals surface area contributed by atoms with Crippen LogP contribution < -0.4 is 4.90 Å². The Hall–Kier alpha value is -3.22. The van der Waals surface area contributed by atoms with Crippen molar-refractivity contribution in [1.82, 2.24) is 4.90 Å². The monoisotopic (exact) mass is 448 g/mol. The Balaban J connectivity index is 1.44. The molecule has 1 heterocycles. The van der Waals surface area contributed by atoms with Crippen LogP contribution in [0.1, 0.15) is 23.1 Å². The maximum Gasteiger partial charge on any atom is 0.224 e. The normalized spacial score (nSPS) is 15.0. The fraction of sp³-hybridized carbons (Fsp3) is 0.296. The van der Waals surface area contributed by atoms with Gasteiger partial charge in [0.15, 0.2) is 0 Å². The number of carbonyl (C=O) groups is 1. The Kier molecular flexibility index (Phi) is 7.70. The highest BCUT2D eigenvalue weighted by Gasteiger charge is 2.24. The fourth-order valence-electron chi connectivity index (χ4n) is 4.12. The molecule has 0 spiro atoms. The first-order chi connectivity index (χ1) is 16.1. The van der Waals surface area contributed by atoms with E-state index in [9.17, 15) is 14.3 Å². The molecule has 172 valence electrons. The molecule has 1 aliphatic rings. The molecule has 0 aliphatic carbocycles. The van der Waals surface area contributed by atoms with Gasteiger partial charge in [-0.1, -0.05) is 60.7 Å². The summed E-state index contributed by atoms with van der Waals surface area (Å²) >= 11 is 0. The van der Waals surface area contributed by atoms with Crippen LogP contribution in [0.15, 0.2) is 78.9 Å². The van der Waals surface area contributed by atoms with Gasteiger partial charge in [-0.3, -0.25) is 4.79 Å². The van der Waals surface area contributed by atoms with Gasteiger partial charge in [0.2, 0.25) is 5.91 Å². The number of benzene rings is 3. The summed E-state index contributed by atoms with van der Waals surface area (Å²) in [6, 6.07) is 24.2. The molecule has 0 bridgehead atoms. The molecule has 3 aromatic carbocycles. The summed E-state index contributed by atoms with van der Waals surface area (Å²) < 4.78 is 19.8. The molecule has 1 atom stereocenters. The molecule has 0 saturated heterocycles.